The second-order valence-corrected chi connectivity index (χ2v) is 6.63. The number of nitrogens with zero attached hydrogens (tertiary/aromatic N) is 1. The molecule has 0 radical (unpaired) electrons. The van der Waals surface area contributed by atoms with Crippen molar-refractivity contribution in [3.05, 3.63) is 99.1 Å². The van der Waals surface area contributed by atoms with Crippen molar-refractivity contribution in [2.75, 3.05) is 5.32 Å². The molecular formula is C22H11ClN2O3. The molecule has 1 N–H and O–H groups in total. The van der Waals surface area contributed by atoms with E-state index >= 15 is 0 Å². The third kappa shape index (κ3) is 2.86. The Balaban J connectivity index is 1.70. The van der Waals surface area contributed by atoms with E-state index in [1.807, 2.05) is 6.07 Å². The Kier molecular flexibility index (Phi) is 4.26. The lowest BCUT2D eigenvalue weighted by molar-refractivity contribution is 0.0979. The van der Waals surface area contributed by atoms with Crippen LogP contribution in [-0.2, 0) is 0 Å². The molecule has 1 aliphatic rings. The van der Waals surface area contributed by atoms with Crippen LogP contribution in [-0.4, -0.2) is 17.5 Å². The van der Waals surface area contributed by atoms with E-state index in [1.165, 1.54) is 36.4 Å². The molecule has 3 aromatic rings. The van der Waals surface area contributed by atoms with Crippen LogP contribution in [0.1, 0.15) is 47.8 Å². The first kappa shape index (κ1) is 17.7. The maximum absolute atomic E-state index is 12.8. The predicted molar refractivity (Wildman–Crippen MR) is 104 cm³/mol. The second kappa shape index (κ2) is 6.76. The molecule has 0 aliphatic heterocycles. The summed E-state index contributed by atoms with van der Waals surface area (Å²) >= 11 is 6.26. The molecule has 0 saturated carbocycles. The average Bonchev–Trinajstić information content (AvgIpc) is 2.73. The van der Waals surface area contributed by atoms with Gasteiger partial charge in [0.15, 0.2) is 11.6 Å². The van der Waals surface area contributed by atoms with Gasteiger partial charge in [-0.15, -0.1) is 0 Å². The molecule has 0 spiro atoms. The number of hydrogen-bond donors (Lipinski definition) is 1. The van der Waals surface area contributed by atoms with Crippen LogP contribution < -0.4 is 5.32 Å². The summed E-state index contributed by atoms with van der Waals surface area (Å²) in [5.41, 5.74) is 2.08. The Morgan fingerprint density at radius 3 is 2.00 bits per heavy atom. The number of carbonyl (C=O) groups is 3. The van der Waals surface area contributed by atoms with Crippen molar-refractivity contribution >= 4 is 34.8 Å². The van der Waals surface area contributed by atoms with Gasteiger partial charge in [0.05, 0.1) is 22.3 Å². The summed E-state index contributed by atoms with van der Waals surface area (Å²) in [5.74, 6) is -1.02. The molecular weight excluding hydrogens is 376 g/mol. The number of carbonyl (C=O) groups excluding carboxylic acids is 3. The van der Waals surface area contributed by atoms with Crippen LogP contribution in [0.5, 0.6) is 0 Å². The van der Waals surface area contributed by atoms with Crippen LogP contribution in [0.25, 0.3) is 0 Å². The molecule has 6 heteroatoms. The van der Waals surface area contributed by atoms with E-state index in [9.17, 15) is 14.4 Å². The van der Waals surface area contributed by atoms with Gasteiger partial charge in [-0.25, -0.2) is 0 Å². The number of anilines is 1. The van der Waals surface area contributed by atoms with E-state index in [2.05, 4.69) is 5.32 Å². The minimum Gasteiger partial charge on any atom is -0.321 e. The van der Waals surface area contributed by atoms with E-state index in [0.717, 1.165) is 0 Å². The molecule has 5 nitrogen and oxygen atoms in total. The van der Waals surface area contributed by atoms with Crippen molar-refractivity contribution in [2.45, 2.75) is 0 Å². The fourth-order valence-corrected chi connectivity index (χ4v) is 3.32. The van der Waals surface area contributed by atoms with Crippen LogP contribution in [0.3, 0.4) is 0 Å². The van der Waals surface area contributed by atoms with Crippen LogP contribution in [0, 0.1) is 11.3 Å². The number of fused-ring (bicyclic) bond motifs is 2. The average molecular weight is 387 g/mol. The van der Waals surface area contributed by atoms with E-state index in [1.54, 1.807) is 24.3 Å². The summed E-state index contributed by atoms with van der Waals surface area (Å²) in [4.78, 5) is 38.0. The summed E-state index contributed by atoms with van der Waals surface area (Å²) in [7, 11) is 0. The highest BCUT2D eigenvalue weighted by Gasteiger charge is 2.30. The van der Waals surface area contributed by atoms with E-state index in [4.69, 9.17) is 16.9 Å². The summed E-state index contributed by atoms with van der Waals surface area (Å²) in [6, 6.07) is 17.5. The highest BCUT2D eigenvalue weighted by molar-refractivity contribution is 6.36. The molecule has 0 heterocycles. The Morgan fingerprint density at radius 2 is 1.43 bits per heavy atom. The first-order valence-electron chi connectivity index (χ1n) is 8.33. The zero-order valence-electron chi connectivity index (χ0n) is 14.3. The van der Waals surface area contributed by atoms with E-state index in [0.29, 0.717) is 22.3 Å². The number of rotatable bonds is 2. The molecule has 1 amide bonds. The van der Waals surface area contributed by atoms with Crippen molar-refractivity contribution < 1.29 is 14.4 Å². The topological polar surface area (TPSA) is 87.0 Å². The molecule has 28 heavy (non-hydrogen) atoms. The molecule has 0 bridgehead atoms. The zero-order chi connectivity index (χ0) is 19.8. The Hall–Kier alpha value is -3.75. The number of nitrogens with one attached hydrogen (secondary N) is 1. The van der Waals surface area contributed by atoms with E-state index in [-0.39, 0.29) is 33.4 Å². The summed E-state index contributed by atoms with van der Waals surface area (Å²) in [6.45, 7) is 0. The fourth-order valence-electron chi connectivity index (χ4n) is 3.10. The fraction of sp³-hybridized carbons (Fsp3) is 0. The van der Waals surface area contributed by atoms with Gasteiger partial charge in [0.2, 0.25) is 0 Å². The normalized spacial score (nSPS) is 12.0. The lowest BCUT2D eigenvalue weighted by Crippen LogP contribution is -2.21. The molecule has 0 aromatic heterocycles. The van der Waals surface area contributed by atoms with Crippen molar-refractivity contribution in [2.24, 2.45) is 0 Å². The first-order chi connectivity index (χ1) is 13.5. The van der Waals surface area contributed by atoms with Gasteiger partial charge in [-0.2, -0.15) is 5.26 Å². The maximum atomic E-state index is 12.8. The number of benzene rings is 3. The highest BCUT2D eigenvalue weighted by atomic mass is 35.5. The van der Waals surface area contributed by atoms with Gasteiger partial charge in [0, 0.05) is 27.8 Å². The molecule has 0 fully saturated rings. The monoisotopic (exact) mass is 386 g/mol. The number of hydrogen-bond acceptors (Lipinski definition) is 4. The third-order valence-corrected chi connectivity index (χ3v) is 4.85. The molecule has 134 valence electrons. The summed E-state index contributed by atoms with van der Waals surface area (Å²) < 4.78 is 0. The standard InChI is InChI=1S/C22H11ClN2O3/c23-18-9-16-17(21(27)15-4-2-1-3-14(15)20(16)26)10-19(18)25-22(28)13-7-5-12(11-24)6-8-13/h1-10H,(H,25,28). The summed E-state index contributed by atoms with van der Waals surface area (Å²) in [6.07, 6.45) is 0. The lowest BCUT2D eigenvalue weighted by atomic mass is 9.84. The number of ketones is 2. The quantitative estimate of drug-likeness (QED) is 0.558. The van der Waals surface area contributed by atoms with Crippen molar-refractivity contribution in [3.8, 4) is 6.07 Å². The second-order valence-electron chi connectivity index (χ2n) is 6.22. The van der Waals surface area contributed by atoms with Crippen LogP contribution in [0.15, 0.2) is 60.7 Å². The van der Waals surface area contributed by atoms with Gasteiger partial charge >= 0.3 is 0 Å². The predicted octanol–water partition coefficient (Wildman–Crippen LogP) is 4.24. The molecule has 3 aromatic carbocycles. The maximum Gasteiger partial charge on any atom is 0.255 e. The van der Waals surface area contributed by atoms with Gasteiger partial charge in [-0.3, -0.25) is 14.4 Å². The minimum atomic E-state index is -0.443. The molecule has 0 unspecified atom stereocenters. The first-order valence-corrected chi connectivity index (χ1v) is 8.71. The molecule has 0 saturated heterocycles. The molecule has 1 aliphatic carbocycles. The minimum absolute atomic E-state index is 0.154. The van der Waals surface area contributed by atoms with Gasteiger partial charge in [-0.1, -0.05) is 35.9 Å². The highest BCUT2D eigenvalue weighted by Crippen LogP contribution is 2.33. The molecule has 4 rings (SSSR count). The number of amides is 1. The Morgan fingerprint density at radius 1 is 0.857 bits per heavy atom. The SMILES string of the molecule is N#Cc1ccc(C(=O)Nc2cc3c(cc2Cl)C(=O)c2ccccc2C3=O)cc1. The van der Waals surface area contributed by atoms with Crippen molar-refractivity contribution in [3.63, 3.8) is 0 Å². The van der Waals surface area contributed by atoms with Crippen LogP contribution in [0.4, 0.5) is 5.69 Å². The number of halogens is 1. The van der Waals surface area contributed by atoms with Crippen molar-refractivity contribution in [1.82, 2.24) is 0 Å². The smallest absolute Gasteiger partial charge is 0.255 e. The molecule has 0 atom stereocenters. The van der Waals surface area contributed by atoms with Gasteiger partial charge in [0.25, 0.3) is 5.91 Å². The summed E-state index contributed by atoms with van der Waals surface area (Å²) in [5, 5.41) is 11.6. The zero-order valence-corrected chi connectivity index (χ0v) is 15.1. The van der Waals surface area contributed by atoms with Crippen LogP contribution in [0.2, 0.25) is 5.02 Å². The Labute approximate surface area is 165 Å². The van der Waals surface area contributed by atoms with Gasteiger partial charge < -0.3 is 5.32 Å². The van der Waals surface area contributed by atoms with Crippen molar-refractivity contribution in [1.29, 1.82) is 5.26 Å². The van der Waals surface area contributed by atoms with Gasteiger partial charge in [-0.05, 0) is 36.4 Å². The van der Waals surface area contributed by atoms with Gasteiger partial charge in [0.1, 0.15) is 0 Å². The van der Waals surface area contributed by atoms with Crippen LogP contribution >= 0.6 is 11.6 Å². The third-order valence-electron chi connectivity index (χ3n) is 4.54. The lowest BCUT2D eigenvalue weighted by Gasteiger charge is -2.19. The Bertz CT molecular complexity index is 1210. The largest absolute Gasteiger partial charge is 0.321 e. The number of nitriles is 1. The van der Waals surface area contributed by atoms with E-state index < -0.39 is 5.91 Å².